The number of carbonyl (C=O) groups is 1. The van der Waals surface area contributed by atoms with E-state index in [0.717, 1.165) is 6.42 Å². The van der Waals surface area contributed by atoms with Gasteiger partial charge in [0, 0.05) is 12.7 Å². The average Bonchev–Trinajstić information content (AvgIpc) is 2.41. The SMILES string of the molecule is O=C(NCCC1=CCCCC1)c1ccccn1. The molecule has 3 heteroatoms. The predicted molar refractivity (Wildman–Crippen MR) is 67.7 cm³/mol. The summed E-state index contributed by atoms with van der Waals surface area (Å²) in [6, 6.07) is 5.37. The van der Waals surface area contributed by atoms with Crippen molar-refractivity contribution in [3.63, 3.8) is 0 Å². The Morgan fingerprint density at radius 2 is 2.29 bits per heavy atom. The van der Waals surface area contributed by atoms with Crippen LogP contribution >= 0.6 is 0 Å². The molecule has 0 bridgehead atoms. The van der Waals surface area contributed by atoms with Crippen LogP contribution in [-0.2, 0) is 0 Å². The molecule has 0 fully saturated rings. The van der Waals surface area contributed by atoms with Crippen molar-refractivity contribution < 1.29 is 4.79 Å². The van der Waals surface area contributed by atoms with Crippen LogP contribution < -0.4 is 5.32 Å². The molecular formula is C14H18N2O. The molecule has 3 nitrogen and oxygen atoms in total. The lowest BCUT2D eigenvalue weighted by atomic mass is 9.97. The topological polar surface area (TPSA) is 42.0 Å². The Morgan fingerprint density at radius 1 is 1.35 bits per heavy atom. The molecular weight excluding hydrogens is 212 g/mol. The van der Waals surface area contributed by atoms with Crippen LogP contribution in [0.5, 0.6) is 0 Å². The van der Waals surface area contributed by atoms with E-state index in [9.17, 15) is 4.79 Å². The minimum atomic E-state index is -0.0815. The van der Waals surface area contributed by atoms with Gasteiger partial charge in [-0.25, -0.2) is 0 Å². The smallest absolute Gasteiger partial charge is 0.269 e. The van der Waals surface area contributed by atoms with Crippen molar-refractivity contribution in [2.45, 2.75) is 32.1 Å². The zero-order chi connectivity index (χ0) is 11.9. The number of rotatable bonds is 4. The summed E-state index contributed by atoms with van der Waals surface area (Å²) >= 11 is 0. The van der Waals surface area contributed by atoms with Gasteiger partial charge in [-0.1, -0.05) is 17.7 Å². The van der Waals surface area contributed by atoms with Crippen LogP contribution in [0.2, 0.25) is 0 Å². The molecule has 1 heterocycles. The van der Waals surface area contributed by atoms with E-state index >= 15 is 0 Å². The van der Waals surface area contributed by atoms with E-state index in [2.05, 4.69) is 16.4 Å². The second kappa shape index (κ2) is 6.18. The van der Waals surface area contributed by atoms with Gasteiger partial charge < -0.3 is 5.32 Å². The lowest BCUT2D eigenvalue weighted by Gasteiger charge is -2.12. The standard InChI is InChI=1S/C14H18N2O/c17-14(13-8-4-5-10-15-13)16-11-9-12-6-2-1-3-7-12/h4-6,8,10H,1-3,7,9,11H2,(H,16,17). The lowest BCUT2D eigenvalue weighted by Crippen LogP contribution is -2.25. The van der Waals surface area contributed by atoms with Crippen LogP contribution in [0, 0.1) is 0 Å². The molecule has 1 aliphatic rings. The highest BCUT2D eigenvalue weighted by Crippen LogP contribution is 2.19. The average molecular weight is 230 g/mol. The van der Waals surface area contributed by atoms with Crippen LogP contribution in [-0.4, -0.2) is 17.4 Å². The number of allylic oxidation sites excluding steroid dienone is 1. The summed E-state index contributed by atoms with van der Waals surface area (Å²) in [6.07, 6.45) is 9.92. The van der Waals surface area contributed by atoms with Gasteiger partial charge in [0.1, 0.15) is 5.69 Å². The van der Waals surface area contributed by atoms with E-state index in [4.69, 9.17) is 0 Å². The van der Waals surface area contributed by atoms with Gasteiger partial charge in [0.05, 0.1) is 0 Å². The fourth-order valence-corrected chi connectivity index (χ4v) is 2.06. The summed E-state index contributed by atoms with van der Waals surface area (Å²) in [5, 5.41) is 2.90. The van der Waals surface area contributed by atoms with Crippen LogP contribution in [0.3, 0.4) is 0 Å². The normalized spacial score (nSPS) is 15.2. The number of carbonyl (C=O) groups excluding carboxylic acids is 1. The van der Waals surface area contributed by atoms with Gasteiger partial charge in [0.25, 0.3) is 5.91 Å². The first kappa shape index (κ1) is 11.8. The summed E-state index contributed by atoms with van der Waals surface area (Å²) in [4.78, 5) is 15.7. The number of hydrogen-bond donors (Lipinski definition) is 1. The molecule has 2 rings (SSSR count). The molecule has 0 atom stereocenters. The Bertz CT molecular complexity index is 398. The highest BCUT2D eigenvalue weighted by atomic mass is 16.1. The number of nitrogens with zero attached hydrogens (tertiary/aromatic N) is 1. The fourth-order valence-electron chi connectivity index (χ4n) is 2.06. The zero-order valence-corrected chi connectivity index (χ0v) is 9.98. The molecule has 0 spiro atoms. The maximum atomic E-state index is 11.7. The molecule has 1 aromatic rings. The van der Waals surface area contributed by atoms with Crippen LogP contribution in [0.25, 0.3) is 0 Å². The van der Waals surface area contributed by atoms with Crippen molar-refractivity contribution in [2.75, 3.05) is 6.54 Å². The first-order valence-corrected chi connectivity index (χ1v) is 6.23. The Kier molecular flexibility index (Phi) is 4.30. The Morgan fingerprint density at radius 3 is 3.00 bits per heavy atom. The summed E-state index contributed by atoms with van der Waals surface area (Å²) in [7, 11) is 0. The molecule has 0 saturated carbocycles. The molecule has 1 aromatic heterocycles. The number of nitrogens with one attached hydrogen (secondary N) is 1. The van der Waals surface area contributed by atoms with Gasteiger partial charge in [-0.3, -0.25) is 9.78 Å². The molecule has 0 aliphatic heterocycles. The zero-order valence-electron chi connectivity index (χ0n) is 9.98. The second-order valence-corrected chi connectivity index (χ2v) is 4.33. The van der Waals surface area contributed by atoms with E-state index in [-0.39, 0.29) is 5.91 Å². The molecule has 0 aromatic carbocycles. The maximum absolute atomic E-state index is 11.7. The van der Waals surface area contributed by atoms with E-state index in [1.165, 1.54) is 31.3 Å². The Hall–Kier alpha value is -1.64. The monoisotopic (exact) mass is 230 g/mol. The van der Waals surface area contributed by atoms with Gasteiger partial charge in [-0.05, 0) is 44.2 Å². The van der Waals surface area contributed by atoms with Crippen molar-refractivity contribution in [3.8, 4) is 0 Å². The molecule has 1 aliphatic carbocycles. The second-order valence-electron chi connectivity index (χ2n) is 4.33. The Balaban J connectivity index is 1.75. The highest BCUT2D eigenvalue weighted by Gasteiger charge is 2.07. The van der Waals surface area contributed by atoms with Crippen molar-refractivity contribution in [1.29, 1.82) is 0 Å². The van der Waals surface area contributed by atoms with Gasteiger partial charge >= 0.3 is 0 Å². The lowest BCUT2D eigenvalue weighted by molar-refractivity contribution is 0.0949. The third-order valence-corrected chi connectivity index (χ3v) is 3.01. The van der Waals surface area contributed by atoms with Crippen LogP contribution in [0.1, 0.15) is 42.6 Å². The third-order valence-electron chi connectivity index (χ3n) is 3.01. The minimum absolute atomic E-state index is 0.0815. The fraction of sp³-hybridized carbons (Fsp3) is 0.429. The minimum Gasteiger partial charge on any atom is -0.350 e. The molecule has 0 unspecified atom stereocenters. The van der Waals surface area contributed by atoms with Crippen LogP contribution in [0.4, 0.5) is 0 Å². The van der Waals surface area contributed by atoms with E-state index in [1.54, 1.807) is 12.3 Å². The van der Waals surface area contributed by atoms with Crippen molar-refractivity contribution in [2.24, 2.45) is 0 Å². The molecule has 90 valence electrons. The summed E-state index contributed by atoms with van der Waals surface area (Å²) in [6.45, 7) is 0.710. The van der Waals surface area contributed by atoms with Gasteiger partial charge in [0.2, 0.25) is 0 Å². The number of hydrogen-bond acceptors (Lipinski definition) is 2. The van der Waals surface area contributed by atoms with Crippen LogP contribution in [0.15, 0.2) is 36.0 Å². The van der Waals surface area contributed by atoms with Crippen molar-refractivity contribution >= 4 is 5.91 Å². The number of pyridine rings is 1. The van der Waals surface area contributed by atoms with E-state index < -0.39 is 0 Å². The number of amides is 1. The first-order chi connectivity index (χ1) is 8.36. The summed E-state index contributed by atoms with van der Waals surface area (Å²) in [5.41, 5.74) is 1.97. The van der Waals surface area contributed by atoms with Crippen molar-refractivity contribution in [3.05, 3.63) is 41.7 Å². The molecule has 1 amide bonds. The predicted octanol–water partition coefficient (Wildman–Crippen LogP) is 2.70. The first-order valence-electron chi connectivity index (χ1n) is 6.23. The summed E-state index contributed by atoms with van der Waals surface area (Å²) in [5.74, 6) is -0.0815. The maximum Gasteiger partial charge on any atom is 0.269 e. The third kappa shape index (κ3) is 3.70. The quantitative estimate of drug-likeness (QED) is 0.808. The van der Waals surface area contributed by atoms with E-state index in [0.29, 0.717) is 12.2 Å². The van der Waals surface area contributed by atoms with E-state index in [1.807, 2.05) is 12.1 Å². The van der Waals surface area contributed by atoms with Gasteiger partial charge in [-0.2, -0.15) is 0 Å². The number of aromatic nitrogens is 1. The van der Waals surface area contributed by atoms with Gasteiger partial charge in [0.15, 0.2) is 0 Å². The molecule has 0 radical (unpaired) electrons. The largest absolute Gasteiger partial charge is 0.350 e. The molecule has 0 saturated heterocycles. The Labute approximate surface area is 102 Å². The molecule has 1 N–H and O–H groups in total. The summed E-state index contributed by atoms with van der Waals surface area (Å²) < 4.78 is 0. The van der Waals surface area contributed by atoms with Gasteiger partial charge in [-0.15, -0.1) is 0 Å². The van der Waals surface area contributed by atoms with Crippen molar-refractivity contribution in [1.82, 2.24) is 10.3 Å². The highest BCUT2D eigenvalue weighted by molar-refractivity contribution is 5.92. The molecule has 17 heavy (non-hydrogen) atoms.